The van der Waals surface area contributed by atoms with Gasteiger partial charge in [0.05, 0.1) is 9.82 Å². The lowest BCUT2D eigenvalue weighted by atomic mass is 10.2. The fourth-order valence-corrected chi connectivity index (χ4v) is 4.13. The van der Waals surface area contributed by atoms with Crippen molar-refractivity contribution in [2.75, 3.05) is 57.3 Å². The predicted octanol–water partition coefficient (Wildman–Crippen LogP) is 0.460. The highest BCUT2D eigenvalue weighted by Crippen LogP contribution is 2.31. The number of hydrogen-bond donors (Lipinski definition) is 1. The molecule has 26 heavy (non-hydrogen) atoms. The molecule has 2 N–H and O–H groups in total. The Morgan fingerprint density at radius 1 is 1.00 bits per heavy atom. The molecule has 0 spiro atoms. The van der Waals surface area contributed by atoms with Crippen molar-refractivity contribution in [3.8, 4) is 0 Å². The first-order valence-electron chi connectivity index (χ1n) is 8.85. The fraction of sp³-hybridized carbons (Fsp3) is 0.625. The molecule has 0 saturated carbocycles. The van der Waals surface area contributed by atoms with E-state index in [0.717, 1.165) is 32.2 Å². The Balaban J connectivity index is 1.64. The summed E-state index contributed by atoms with van der Waals surface area (Å²) in [5, 5.41) is 16.5. The standard InChI is InChI=1S/C16H25N5O4S/c17-26(24,25)14-3-4-15(16(13-14)21(22)23)20-11-9-19(10-12-20)8-7-18-5-1-2-6-18/h3-4,13H,1-2,5-12H2,(H2,17,24,25). The van der Waals surface area contributed by atoms with Gasteiger partial charge in [-0.2, -0.15) is 0 Å². The van der Waals surface area contributed by atoms with E-state index in [1.165, 1.54) is 38.1 Å². The van der Waals surface area contributed by atoms with Crippen LogP contribution in [-0.4, -0.2) is 75.5 Å². The van der Waals surface area contributed by atoms with Gasteiger partial charge in [-0.1, -0.05) is 0 Å². The van der Waals surface area contributed by atoms with E-state index in [-0.39, 0.29) is 10.6 Å². The summed E-state index contributed by atoms with van der Waals surface area (Å²) in [7, 11) is -3.97. The predicted molar refractivity (Wildman–Crippen MR) is 98.8 cm³/mol. The largest absolute Gasteiger partial charge is 0.363 e. The van der Waals surface area contributed by atoms with E-state index < -0.39 is 14.9 Å². The Kier molecular flexibility index (Phi) is 5.76. The van der Waals surface area contributed by atoms with Crippen LogP contribution in [0.5, 0.6) is 0 Å². The van der Waals surface area contributed by atoms with Crippen LogP contribution in [0.1, 0.15) is 12.8 Å². The molecule has 1 aromatic carbocycles. The van der Waals surface area contributed by atoms with E-state index in [1.54, 1.807) is 0 Å². The van der Waals surface area contributed by atoms with Crippen molar-refractivity contribution in [1.82, 2.24) is 9.80 Å². The summed E-state index contributed by atoms with van der Waals surface area (Å²) >= 11 is 0. The molecule has 0 amide bonds. The van der Waals surface area contributed by atoms with Gasteiger partial charge in [-0.25, -0.2) is 13.6 Å². The van der Waals surface area contributed by atoms with Gasteiger partial charge in [-0.05, 0) is 38.1 Å². The normalized spacial score (nSPS) is 19.8. The van der Waals surface area contributed by atoms with Gasteiger partial charge in [0.2, 0.25) is 10.0 Å². The van der Waals surface area contributed by atoms with Crippen LogP contribution in [0.4, 0.5) is 11.4 Å². The molecule has 144 valence electrons. The van der Waals surface area contributed by atoms with E-state index in [9.17, 15) is 18.5 Å². The third kappa shape index (κ3) is 4.50. The summed E-state index contributed by atoms with van der Waals surface area (Å²) in [6.45, 7) is 7.48. The van der Waals surface area contributed by atoms with Crippen LogP contribution in [0.2, 0.25) is 0 Å². The molecule has 1 aromatic rings. The molecular weight excluding hydrogens is 358 g/mol. The first kappa shape index (κ1) is 19.0. The van der Waals surface area contributed by atoms with Crippen LogP contribution in [0.15, 0.2) is 23.1 Å². The maximum Gasteiger partial charge on any atom is 0.293 e. The van der Waals surface area contributed by atoms with Gasteiger partial charge >= 0.3 is 0 Å². The quantitative estimate of drug-likeness (QED) is 0.561. The Hall–Kier alpha value is -1.75. The first-order chi connectivity index (χ1) is 12.3. The van der Waals surface area contributed by atoms with Crippen LogP contribution in [0.25, 0.3) is 0 Å². The number of hydrogen-bond acceptors (Lipinski definition) is 7. The minimum absolute atomic E-state index is 0.220. The first-order valence-corrected chi connectivity index (χ1v) is 10.4. The summed E-state index contributed by atoms with van der Waals surface area (Å²) in [6, 6.07) is 3.86. The lowest BCUT2D eigenvalue weighted by Gasteiger charge is -2.36. The number of nitrogens with zero attached hydrogens (tertiary/aromatic N) is 4. The molecule has 2 heterocycles. The molecule has 0 radical (unpaired) electrons. The second-order valence-electron chi connectivity index (χ2n) is 6.83. The monoisotopic (exact) mass is 383 g/mol. The zero-order valence-electron chi connectivity index (χ0n) is 14.7. The molecule has 2 saturated heterocycles. The van der Waals surface area contributed by atoms with Crippen molar-refractivity contribution in [3.05, 3.63) is 28.3 Å². The maximum absolute atomic E-state index is 11.5. The Morgan fingerprint density at radius 2 is 1.58 bits per heavy atom. The lowest BCUT2D eigenvalue weighted by molar-refractivity contribution is -0.384. The highest BCUT2D eigenvalue weighted by molar-refractivity contribution is 7.89. The Labute approximate surface area is 153 Å². The molecule has 2 aliphatic rings. The van der Waals surface area contributed by atoms with Crippen molar-refractivity contribution in [3.63, 3.8) is 0 Å². The number of benzene rings is 1. The van der Waals surface area contributed by atoms with Crippen molar-refractivity contribution in [1.29, 1.82) is 0 Å². The zero-order valence-corrected chi connectivity index (χ0v) is 15.5. The number of nitro benzene ring substituents is 1. The second-order valence-corrected chi connectivity index (χ2v) is 8.39. The summed E-state index contributed by atoms with van der Waals surface area (Å²) < 4.78 is 22.9. The van der Waals surface area contributed by atoms with Gasteiger partial charge in [-0.3, -0.25) is 15.0 Å². The smallest absolute Gasteiger partial charge is 0.293 e. The Morgan fingerprint density at radius 3 is 2.12 bits per heavy atom. The number of anilines is 1. The van der Waals surface area contributed by atoms with Crippen molar-refractivity contribution >= 4 is 21.4 Å². The molecule has 9 nitrogen and oxygen atoms in total. The number of nitro groups is 1. The van der Waals surface area contributed by atoms with E-state index in [4.69, 9.17) is 5.14 Å². The van der Waals surface area contributed by atoms with Gasteiger partial charge in [0.25, 0.3) is 5.69 Å². The molecule has 2 aliphatic heterocycles. The van der Waals surface area contributed by atoms with Crippen LogP contribution >= 0.6 is 0 Å². The van der Waals surface area contributed by atoms with Crippen LogP contribution in [0, 0.1) is 10.1 Å². The summed E-state index contributed by atoms with van der Waals surface area (Å²) in [4.78, 5) is 17.4. The van der Waals surface area contributed by atoms with Crippen molar-refractivity contribution in [2.24, 2.45) is 5.14 Å². The van der Waals surface area contributed by atoms with Gasteiger partial charge in [0.15, 0.2) is 0 Å². The Bertz CT molecular complexity index is 756. The molecule has 0 bridgehead atoms. The van der Waals surface area contributed by atoms with Gasteiger partial charge in [0, 0.05) is 45.3 Å². The fourth-order valence-electron chi connectivity index (χ4n) is 3.60. The highest BCUT2D eigenvalue weighted by atomic mass is 32.2. The number of likely N-dealkylation sites (tertiary alicyclic amines) is 1. The number of primary sulfonamides is 1. The van der Waals surface area contributed by atoms with Crippen LogP contribution in [-0.2, 0) is 10.0 Å². The molecule has 0 atom stereocenters. The average molecular weight is 383 g/mol. The zero-order chi connectivity index (χ0) is 18.7. The molecular formula is C16H25N5O4S. The van der Waals surface area contributed by atoms with E-state index in [1.807, 2.05) is 4.90 Å². The molecule has 0 unspecified atom stereocenters. The topological polar surface area (TPSA) is 113 Å². The number of rotatable bonds is 6. The van der Waals surface area contributed by atoms with Gasteiger partial charge in [0.1, 0.15) is 5.69 Å². The number of nitrogens with two attached hydrogens (primary N) is 1. The van der Waals surface area contributed by atoms with E-state index in [0.29, 0.717) is 18.8 Å². The SMILES string of the molecule is NS(=O)(=O)c1ccc(N2CCN(CCN3CCCC3)CC2)c([N+](=O)[O-])c1. The van der Waals surface area contributed by atoms with Gasteiger partial charge in [-0.15, -0.1) is 0 Å². The summed E-state index contributed by atoms with van der Waals surface area (Å²) in [6.07, 6.45) is 2.57. The molecule has 0 aliphatic carbocycles. The third-order valence-electron chi connectivity index (χ3n) is 5.12. The highest BCUT2D eigenvalue weighted by Gasteiger charge is 2.26. The van der Waals surface area contributed by atoms with Crippen LogP contribution in [0.3, 0.4) is 0 Å². The van der Waals surface area contributed by atoms with E-state index >= 15 is 0 Å². The second kappa shape index (κ2) is 7.87. The summed E-state index contributed by atoms with van der Waals surface area (Å²) in [5.74, 6) is 0. The average Bonchev–Trinajstić information content (AvgIpc) is 3.12. The van der Waals surface area contributed by atoms with E-state index in [2.05, 4.69) is 9.80 Å². The number of piperazine rings is 1. The molecule has 3 rings (SSSR count). The third-order valence-corrected chi connectivity index (χ3v) is 6.03. The molecule has 10 heteroatoms. The number of sulfonamides is 1. The molecule has 2 fully saturated rings. The van der Waals surface area contributed by atoms with Crippen molar-refractivity contribution in [2.45, 2.75) is 17.7 Å². The molecule has 0 aromatic heterocycles. The van der Waals surface area contributed by atoms with Crippen molar-refractivity contribution < 1.29 is 13.3 Å². The van der Waals surface area contributed by atoms with Gasteiger partial charge < -0.3 is 9.80 Å². The summed E-state index contributed by atoms with van der Waals surface area (Å²) in [5.41, 5.74) is 0.226. The van der Waals surface area contributed by atoms with Crippen LogP contribution < -0.4 is 10.0 Å². The minimum atomic E-state index is -3.97. The maximum atomic E-state index is 11.5. The lowest BCUT2D eigenvalue weighted by Crippen LogP contribution is -2.48. The minimum Gasteiger partial charge on any atom is -0.363 e.